The SMILES string of the molecule is COc1cc([C@@H]2S[C@H](C)C(=O)Nc3c2c(C)nn3-c2ccc(C)cc2)ccc1O. The molecule has 2 heterocycles. The highest BCUT2D eigenvalue weighted by Crippen LogP contribution is 2.47. The number of phenols is 1. The van der Waals surface area contributed by atoms with E-state index in [0.29, 0.717) is 11.6 Å². The van der Waals surface area contributed by atoms with Crippen molar-refractivity contribution in [3.63, 3.8) is 0 Å². The number of hydrogen-bond donors (Lipinski definition) is 2. The van der Waals surface area contributed by atoms with Crippen LogP contribution in [0.5, 0.6) is 11.5 Å². The molecule has 1 aliphatic heterocycles. The molecule has 2 atom stereocenters. The largest absolute Gasteiger partial charge is 0.504 e. The highest BCUT2D eigenvalue weighted by Gasteiger charge is 2.34. The summed E-state index contributed by atoms with van der Waals surface area (Å²) in [7, 11) is 1.53. The van der Waals surface area contributed by atoms with Gasteiger partial charge in [0.2, 0.25) is 5.91 Å². The van der Waals surface area contributed by atoms with Gasteiger partial charge in [-0.3, -0.25) is 4.79 Å². The van der Waals surface area contributed by atoms with E-state index in [1.54, 1.807) is 22.5 Å². The Bertz CT molecular complexity index is 1080. The van der Waals surface area contributed by atoms with Crippen LogP contribution in [0.1, 0.15) is 34.6 Å². The summed E-state index contributed by atoms with van der Waals surface area (Å²) in [6, 6.07) is 13.3. The zero-order valence-electron chi connectivity index (χ0n) is 16.8. The van der Waals surface area contributed by atoms with Gasteiger partial charge in [-0.1, -0.05) is 23.8 Å². The number of fused-ring (bicyclic) bond motifs is 1. The number of rotatable bonds is 3. The molecule has 0 fully saturated rings. The van der Waals surface area contributed by atoms with Gasteiger partial charge < -0.3 is 15.2 Å². The minimum atomic E-state index is -0.252. The number of phenolic OH excluding ortho intramolecular Hbond substituents is 1. The third-order valence-electron chi connectivity index (χ3n) is 5.11. The van der Waals surface area contributed by atoms with Crippen molar-refractivity contribution >= 4 is 23.5 Å². The fourth-order valence-electron chi connectivity index (χ4n) is 3.50. The molecular formula is C22H23N3O3S. The Morgan fingerprint density at radius 2 is 1.90 bits per heavy atom. The number of nitrogens with zero attached hydrogens (tertiary/aromatic N) is 2. The van der Waals surface area contributed by atoms with Gasteiger partial charge in [0.25, 0.3) is 0 Å². The van der Waals surface area contributed by atoms with Gasteiger partial charge in [0.15, 0.2) is 11.5 Å². The number of hydrogen-bond acceptors (Lipinski definition) is 5. The van der Waals surface area contributed by atoms with Gasteiger partial charge >= 0.3 is 0 Å². The lowest BCUT2D eigenvalue weighted by atomic mass is 10.0. The molecule has 1 aliphatic rings. The summed E-state index contributed by atoms with van der Waals surface area (Å²) >= 11 is 1.56. The van der Waals surface area contributed by atoms with Crippen molar-refractivity contribution in [3.8, 4) is 17.2 Å². The molecule has 0 unspecified atom stereocenters. The van der Waals surface area contributed by atoms with Gasteiger partial charge in [0, 0.05) is 5.56 Å². The molecule has 2 N–H and O–H groups in total. The van der Waals surface area contributed by atoms with Crippen LogP contribution in [0, 0.1) is 13.8 Å². The van der Waals surface area contributed by atoms with Crippen LogP contribution in [0.3, 0.4) is 0 Å². The summed E-state index contributed by atoms with van der Waals surface area (Å²) in [6.07, 6.45) is 0. The van der Waals surface area contributed by atoms with Gasteiger partial charge in [-0.25, -0.2) is 4.68 Å². The van der Waals surface area contributed by atoms with Crippen LogP contribution in [-0.2, 0) is 4.79 Å². The number of amides is 1. The molecule has 0 spiro atoms. The third-order valence-corrected chi connectivity index (χ3v) is 6.51. The molecule has 0 aliphatic carbocycles. The fourth-order valence-corrected chi connectivity index (χ4v) is 4.81. The summed E-state index contributed by atoms with van der Waals surface area (Å²) in [4.78, 5) is 12.7. The first-order valence-electron chi connectivity index (χ1n) is 9.39. The predicted octanol–water partition coefficient (Wildman–Crippen LogP) is 4.37. The molecular weight excluding hydrogens is 386 g/mol. The first kappa shape index (κ1) is 19.4. The molecule has 1 aromatic heterocycles. The van der Waals surface area contributed by atoms with Gasteiger partial charge in [0.1, 0.15) is 5.82 Å². The number of anilines is 1. The molecule has 6 nitrogen and oxygen atoms in total. The number of nitrogens with one attached hydrogen (secondary N) is 1. The fraction of sp³-hybridized carbons (Fsp3) is 0.273. The summed E-state index contributed by atoms with van der Waals surface area (Å²) in [6.45, 7) is 5.89. The number of thioether (sulfide) groups is 1. The molecule has 3 aromatic rings. The Balaban J connectivity index is 1.90. The van der Waals surface area contributed by atoms with E-state index in [2.05, 4.69) is 5.32 Å². The van der Waals surface area contributed by atoms with Gasteiger partial charge in [-0.05, 0) is 50.6 Å². The highest BCUT2D eigenvalue weighted by atomic mass is 32.2. The number of benzene rings is 2. The highest BCUT2D eigenvalue weighted by molar-refractivity contribution is 8.01. The lowest BCUT2D eigenvalue weighted by molar-refractivity contribution is -0.115. The average Bonchev–Trinajstić information content (AvgIpc) is 2.95. The topological polar surface area (TPSA) is 76.4 Å². The maximum atomic E-state index is 12.7. The monoisotopic (exact) mass is 409 g/mol. The predicted molar refractivity (Wildman–Crippen MR) is 115 cm³/mol. The van der Waals surface area contributed by atoms with Crippen LogP contribution < -0.4 is 10.1 Å². The molecule has 0 radical (unpaired) electrons. The normalized spacial score (nSPS) is 18.7. The molecule has 0 saturated heterocycles. The Morgan fingerprint density at radius 1 is 1.17 bits per heavy atom. The van der Waals surface area contributed by atoms with E-state index >= 15 is 0 Å². The number of ether oxygens (including phenoxy) is 1. The van der Waals surface area contributed by atoms with Crippen LogP contribution in [0.2, 0.25) is 0 Å². The second kappa shape index (κ2) is 7.48. The Labute approximate surface area is 173 Å². The van der Waals surface area contributed by atoms with Crippen molar-refractivity contribution in [2.24, 2.45) is 0 Å². The summed E-state index contributed by atoms with van der Waals surface area (Å²) in [5, 5.41) is 17.4. The van der Waals surface area contributed by atoms with Crippen LogP contribution in [-0.4, -0.2) is 33.2 Å². The Hall–Kier alpha value is -2.93. The zero-order chi connectivity index (χ0) is 20.7. The molecule has 1 amide bonds. The summed E-state index contributed by atoms with van der Waals surface area (Å²) < 4.78 is 7.09. The van der Waals surface area contributed by atoms with Gasteiger partial charge in [-0.2, -0.15) is 5.10 Å². The summed E-state index contributed by atoms with van der Waals surface area (Å²) in [5.74, 6) is 1.12. The Morgan fingerprint density at radius 3 is 2.59 bits per heavy atom. The lowest BCUT2D eigenvalue weighted by Crippen LogP contribution is -2.22. The number of aromatic hydroxyl groups is 1. The maximum absolute atomic E-state index is 12.7. The smallest absolute Gasteiger partial charge is 0.238 e. The molecule has 150 valence electrons. The van der Waals surface area contributed by atoms with E-state index in [1.807, 2.05) is 57.2 Å². The van der Waals surface area contributed by atoms with Crippen molar-refractivity contribution < 1.29 is 14.6 Å². The number of aromatic nitrogens is 2. The molecule has 0 bridgehead atoms. The van der Waals surface area contributed by atoms with Crippen LogP contribution in [0.25, 0.3) is 5.69 Å². The minimum Gasteiger partial charge on any atom is -0.504 e. The van der Waals surface area contributed by atoms with E-state index in [1.165, 1.54) is 7.11 Å². The molecule has 4 rings (SSSR count). The van der Waals surface area contributed by atoms with E-state index in [9.17, 15) is 9.90 Å². The zero-order valence-corrected chi connectivity index (χ0v) is 17.6. The third kappa shape index (κ3) is 3.46. The first-order chi connectivity index (χ1) is 13.9. The molecule has 0 saturated carbocycles. The number of carbonyl (C=O) groups excluding carboxylic acids is 1. The van der Waals surface area contributed by atoms with E-state index in [0.717, 1.165) is 28.1 Å². The van der Waals surface area contributed by atoms with Crippen LogP contribution >= 0.6 is 11.8 Å². The Kier molecular flexibility index (Phi) is 5.00. The van der Waals surface area contributed by atoms with Crippen molar-refractivity contribution in [1.82, 2.24) is 9.78 Å². The van der Waals surface area contributed by atoms with Gasteiger partial charge in [0.05, 0.1) is 29.0 Å². The van der Waals surface area contributed by atoms with E-state index < -0.39 is 0 Å². The second-order valence-electron chi connectivity index (χ2n) is 7.17. The second-order valence-corrected chi connectivity index (χ2v) is 8.62. The van der Waals surface area contributed by atoms with E-state index in [4.69, 9.17) is 9.84 Å². The maximum Gasteiger partial charge on any atom is 0.238 e. The number of methoxy groups -OCH3 is 1. The number of aryl methyl sites for hydroxylation is 2. The standard InChI is InChI=1S/C22H23N3O3S/c1-12-5-8-16(9-6-12)25-21-19(13(2)24-25)20(29-14(3)22(27)23-21)15-7-10-17(26)18(11-15)28-4/h5-11,14,20,26H,1-4H3,(H,23,27)/t14-,20+/m1/s1. The van der Waals surface area contributed by atoms with Crippen molar-refractivity contribution in [2.75, 3.05) is 12.4 Å². The quantitative estimate of drug-likeness (QED) is 0.672. The minimum absolute atomic E-state index is 0.0576. The van der Waals surface area contributed by atoms with Crippen LogP contribution in [0.4, 0.5) is 5.82 Å². The molecule has 2 aromatic carbocycles. The average molecular weight is 410 g/mol. The number of carbonyl (C=O) groups is 1. The van der Waals surface area contributed by atoms with Crippen molar-refractivity contribution in [3.05, 3.63) is 64.8 Å². The summed E-state index contributed by atoms with van der Waals surface area (Å²) in [5.41, 5.74) is 4.80. The molecule has 29 heavy (non-hydrogen) atoms. The van der Waals surface area contributed by atoms with E-state index in [-0.39, 0.29) is 22.2 Å². The first-order valence-corrected chi connectivity index (χ1v) is 10.3. The van der Waals surface area contributed by atoms with Crippen molar-refractivity contribution in [1.29, 1.82) is 0 Å². The lowest BCUT2D eigenvalue weighted by Gasteiger charge is -2.18. The van der Waals surface area contributed by atoms with Crippen LogP contribution in [0.15, 0.2) is 42.5 Å². The van der Waals surface area contributed by atoms with Crippen molar-refractivity contribution in [2.45, 2.75) is 31.3 Å². The molecule has 7 heteroatoms. The van der Waals surface area contributed by atoms with Gasteiger partial charge in [-0.15, -0.1) is 11.8 Å².